The Hall–Kier alpha value is 0.0200. The zero-order chi connectivity index (χ0) is 17.9. The Morgan fingerprint density at radius 1 is 0.667 bits per heavy atom. The molecule has 0 saturated heterocycles. The maximum Gasteiger partial charge on any atom is 0.521 e. The van der Waals surface area contributed by atoms with E-state index in [0.717, 1.165) is 13.0 Å². The molecule has 3 nitrogen and oxygen atoms in total. The van der Waals surface area contributed by atoms with Crippen molar-refractivity contribution in [3.05, 3.63) is 0 Å². The van der Waals surface area contributed by atoms with Crippen LogP contribution in [0.25, 0.3) is 0 Å². The second kappa shape index (κ2) is 19.3. The van der Waals surface area contributed by atoms with E-state index < -0.39 is 8.03 Å². The highest BCUT2D eigenvalue weighted by molar-refractivity contribution is 7.37. The minimum absolute atomic E-state index is 0.314. The van der Waals surface area contributed by atoms with Crippen LogP contribution < -0.4 is 0 Å². The first kappa shape index (κ1) is 24.0. The van der Waals surface area contributed by atoms with Crippen LogP contribution in [0, 0.1) is 0 Å². The molecule has 0 aliphatic carbocycles. The number of unbranched alkanes of at least 4 members (excludes halogenated alkanes) is 15. The lowest BCUT2D eigenvalue weighted by Gasteiger charge is -2.09. The number of rotatable bonds is 19. The summed E-state index contributed by atoms with van der Waals surface area (Å²) in [7, 11) is -0.0831. The maximum absolute atomic E-state index is 10.7. The van der Waals surface area contributed by atoms with E-state index in [0.29, 0.717) is 6.29 Å². The maximum atomic E-state index is 10.7. The highest BCUT2D eigenvalue weighted by atomic mass is 31.1. The van der Waals surface area contributed by atoms with Crippen molar-refractivity contribution in [1.29, 1.82) is 0 Å². The lowest BCUT2D eigenvalue weighted by atomic mass is 10.0. The van der Waals surface area contributed by atoms with Crippen molar-refractivity contribution in [2.75, 3.05) is 19.9 Å². The fourth-order valence-electron chi connectivity index (χ4n) is 3.21. The minimum Gasteiger partial charge on any atom is -0.263 e. The lowest BCUT2D eigenvalue weighted by molar-refractivity contribution is 0.355. The average Bonchev–Trinajstić information content (AvgIpc) is 2.53. The van der Waals surface area contributed by atoms with Crippen LogP contribution in [0.5, 0.6) is 0 Å². The Morgan fingerprint density at radius 3 is 1.33 bits per heavy atom. The van der Waals surface area contributed by atoms with Crippen molar-refractivity contribution in [2.45, 2.75) is 110 Å². The normalized spacial score (nSPS) is 12.1. The molecule has 1 N–H and O–H groups in total. The molecule has 0 aromatic heterocycles. The third kappa shape index (κ3) is 20.1. The van der Waals surface area contributed by atoms with E-state index in [-0.39, 0.29) is 0 Å². The number of nitrogens with zero attached hydrogens (tertiary/aromatic N) is 1. The molecule has 0 spiro atoms. The summed E-state index contributed by atoms with van der Waals surface area (Å²) < 4.78 is 10.7. The molecule has 0 heterocycles. The second-order valence-corrected chi connectivity index (χ2v) is 8.36. The molecule has 0 aliphatic rings. The molecule has 0 bridgehead atoms. The number of hydrogen-bond acceptors (Lipinski definition) is 2. The van der Waals surface area contributed by atoms with Crippen LogP contribution in [0.15, 0.2) is 0 Å². The summed E-state index contributed by atoms with van der Waals surface area (Å²) in [6.45, 7) is 3.22. The standard InChI is InChI=1S/C20H42NO2P/c1-3-4-5-6-7-8-9-10-11-12-13-14-15-16-17-18-19-21(2)20-24(22)23/h3-20H2,1-2H3/p+1. The largest absolute Gasteiger partial charge is 0.521 e. The lowest BCUT2D eigenvalue weighted by Crippen LogP contribution is -2.18. The van der Waals surface area contributed by atoms with Gasteiger partial charge in [-0.1, -0.05) is 103 Å². The smallest absolute Gasteiger partial charge is 0.263 e. The predicted octanol–water partition coefficient (Wildman–Crippen LogP) is 6.87. The third-order valence-corrected chi connectivity index (χ3v) is 5.48. The Bertz CT molecular complexity index is 274. The van der Waals surface area contributed by atoms with E-state index in [1.807, 2.05) is 11.9 Å². The van der Waals surface area contributed by atoms with E-state index in [4.69, 9.17) is 4.89 Å². The van der Waals surface area contributed by atoms with Gasteiger partial charge in [0.05, 0.1) is 0 Å². The van der Waals surface area contributed by atoms with E-state index in [1.165, 1.54) is 96.3 Å². The zero-order valence-corrected chi connectivity index (χ0v) is 17.4. The van der Waals surface area contributed by atoms with Gasteiger partial charge in [-0.05, 0) is 18.0 Å². The van der Waals surface area contributed by atoms with Gasteiger partial charge in [-0.15, -0.1) is 0 Å². The molecule has 4 heteroatoms. The SMILES string of the molecule is CCCCCCCCCCCCCCCCCCN(C)C[P+](=O)O. The van der Waals surface area contributed by atoms with E-state index in [9.17, 15) is 4.57 Å². The van der Waals surface area contributed by atoms with Crippen LogP contribution in [-0.2, 0) is 4.57 Å². The molecule has 0 radical (unpaired) electrons. The summed E-state index contributed by atoms with van der Waals surface area (Å²) in [5.41, 5.74) is 0. The zero-order valence-electron chi connectivity index (χ0n) is 16.5. The van der Waals surface area contributed by atoms with Gasteiger partial charge in [0.2, 0.25) is 6.29 Å². The summed E-state index contributed by atoms with van der Waals surface area (Å²) in [5, 5.41) is 0. The molecule has 0 amide bonds. The highest BCUT2D eigenvalue weighted by Gasteiger charge is 2.13. The van der Waals surface area contributed by atoms with E-state index in [1.54, 1.807) is 0 Å². The van der Waals surface area contributed by atoms with Gasteiger partial charge in [-0.2, -0.15) is 4.89 Å². The van der Waals surface area contributed by atoms with Crippen LogP contribution in [-0.4, -0.2) is 29.7 Å². The molecule has 0 rings (SSSR count). The summed E-state index contributed by atoms with van der Waals surface area (Å²) in [4.78, 5) is 10.8. The van der Waals surface area contributed by atoms with Gasteiger partial charge < -0.3 is 0 Å². The summed E-state index contributed by atoms with van der Waals surface area (Å²) >= 11 is 0. The quantitative estimate of drug-likeness (QED) is 0.202. The molecule has 0 aliphatic heterocycles. The Morgan fingerprint density at radius 2 is 1.00 bits per heavy atom. The Labute approximate surface area is 152 Å². The third-order valence-electron chi connectivity index (χ3n) is 4.76. The van der Waals surface area contributed by atoms with Crippen molar-refractivity contribution in [1.82, 2.24) is 4.90 Å². The summed E-state index contributed by atoms with van der Waals surface area (Å²) in [6, 6.07) is 0. The van der Waals surface area contributed by atoms with Gasteiger partial charge >= 0.3 is 8.03 Å². The second-order valence-electron chi connectivity index (χ2n) is 7.38. The topological polar surface area (TPSA) is 40.5 Å². The predicted molar refractivity (Wildman–Crippen MR) is 107 cm³/mol. The van der Waals surface area contributed by atoms with Crippen LogP contribution in [0.3, 0.4) is 0 Å². The van der Waals surface area contributed by atoms with Gasteiger partial charge in [-0.25, -0.2) is 0 Å². The van der Waals surface area contributed by atoms with Crippen LogP contribution in [0.2, 0.25) is 0 Å². The van der Waals surface area contributed by atoms with Gasteiger partial charge in [0.25, 0.3) is 0 Å². The van der Waals surface area contributed by atoms with Crippen molar-refractivity contribution < 1.29 is 9.46 Å². The van der Waals surface area contributed by atoms with E-state index >= 15 is 0 Å². The highest BCUT2D eigenvalue weighted by Crippen LogP contribution is 2.15. The van der Waals surface area contributed by atoms with Crippen molar-refractivity contribution in [3.8, 4) is 0 Å². The first-order valence-electron chi connectivity index (χ1n) is 10.5. The first-order valence-corrected chi connectivity index (χ1v) is 11.9. The number of hydrogen-bond donors (Lipinski definition) is 1. The molecule has 144 valence electrons. The Balaban J connectivity index is 3.06. The molecule has 0 aromatic carbocycles. The molecule has 0 aromatic rings. The molecule has 0 fully saturated rings. The van der Waals surface area contributed by atoms with Gasteiger partial charge in [0.15, 0.2) is 0 Å². The molecule has 1 atom stereocenters. The van der Waals surface area contributed by atoms with Gasteiger partial charge in [-0.3, -0.25) is 4.90 Å². The molecule has 1 unspecified atom stereocenters. The Kier molecular flexibility index (Phi) is 19.4. The van der Waals surface area contributed by atoms with Gasteiger partial charge in [0.1, 0.15) is 0 Å². The summed E-state index contributed by atoms with van der Waals surface area (Å²) in [5.74, 6) is 0. The van der Waals surface area contributed by atoms with Crippen molar-refractivity contribution in [2.24, 2.45) is 0 Å². The van der Waals surface area contributed by atoms with E-state index in [2.05, 4.69) is 6.92 Å². The van der Waals surface area contributed by atoms with Crippen LogP contribution in [0.1, 0.15) is 110 Å². The fraction of sp³-hybridized carbons (Fsp3) is 1.00. The summed E-state index contributed by atoms with van der Waals surface area (Å²) in [6.07, 6.45) is 22.5. The van der Waals surface area contributed by atoms with Crippen molar-refractivity contribution in [3.63, 3.8) is 0 Å². The molecule has 24 heavy (non-hydrogen) atoms. The first-order chi connectivity index (χ1) is 11.7. The van der Waals surface area contributed by atoms with Gasteiger partial charge in [0, 0.05) is 6.54 Å². The average molecular weight is 361 g/mol. The van der Waals surface area contributed by atoms with Crippen molar-refractivity contribution >= 4 is 8.03 Å². The molecule has 0 saturated carbocycles. The molecular weight excluding hydrogens is 317 g/mol. The molecular formula is C20H43NO2P+. The fourth-order valence-corrected chi connectivity index (χ4v) is 3.76. The monoisotopic (exact) mass is 360 g/mol. The minimum atomic E-state index is -2.01. The van der Waals surface area contributed by atoms with Crippen LogP contribution >= 0.6 is 8.03 Å². The van der Waals surface area contributed by atoms with Crippen LogP contribution in [0.4, 0.5) is 0 Å².